The Morgan fingerprint density at radius 2 is 1.00 bits per heavy atom. The van der Waals surface area contributed by atoms with Gasteiger partial charge in [-0.1, -0.05) is 130 Å². The van der Waals surface area contributed by atoms with E-state index in [2.05, 4.69) is 26.3 Å². The Morgan fingerprint density at radius 3 is 1.49 bits per heavy atom. The van der Waals surface area contributed by atoms with Gasteiger partial charge in [-0.25, -0.2) is 0 Å². The van der Waals surface area contributed by atoms with Gasteiger partial charge >= 0.3 is 233 Å². The molecule has 0 radical (unpaired) electrons. The molecule has 2 unspecified atom stereocenters. The number of hydrogen-bond donors (Lipinski definition) is 0. The zero-order valence-electron chi connectivity index (χ0n) is 34.2. The second kappa shape index (κ2) is 36.1. The number of hydrogen-bond acceptors (Lipinski definition) is 5. The van der Waals surface area contributed by atoms with Crippen molar-refractivity contribution >= 4 is 57.8 Å². The number of rotatable bonds is 0. The molecule has 53 heavy (non-hydrogen) atoms. The Kier molecular flexibility index (Phi) is 43.9. The zero-order chi connectivity index (χ0) is 36.4. The fourth-order valence-electron chi connectivity index (χ4n) is 4.34. The van der Waals surface area contributed by atoms with E-state index in [-0.39, 0.29) is 264 Å². The number of para-hydroxylation sites is 5. The van der Waals surface area contributed by atoms with Crippen molar-refractivity contribution in [1.29, 1.82) is 0 Å². The van der Waals surface area contributed by atoms with Gasteiger partial charge in [-0.3, -0.25) is 9.79 Å². The Balaban J connectivity index is -0.000000194. The van der Waals surface area contributed by atoms with Crippen LogP contribution < -0.4 is 238 Å². The summed E-state index contributed by atoms with van der Waals surface area (Å²) < 4.78 is 0. The van der Waals surface area contributed by atoms with Crippen LogP contribution in [0.1, 0.15) is 82.2 Å². The number of carbonyl (C=O) groups excluding carboxylic acids is 4. The van der Waals surface area contributed by atoms with E-state index in [1.54, 1.807) is 43.1 Å². The fraction of sp³-hybridized carbons (Fsp3) is 0.410. The summed E-state index contributed by atoms with van der Waals surface area (Å²) in [6, 6.07) is 21.8. The van der Waals surface area contributed by atoms with Crippen molar-refractivity contribution in [2.45, 2.75) is 82.7 Å². The van der Waals surface area contributed by atoms with Gasteiger partial charge in [0.05, 0.1) is 23.8 Å². The first kappa shape index (κ1) is 64.4. The Labute approximate surface area is 515 Å². The van der Waals surface area contributed by atoms with Crippen LogP contribution in [-0.4, -0.2) is 49.0 Å². The number of aliphatic imine (C=N–C) groups is 1. The smallest absolute Gasteiger partial charge is 0.682 e. The molecule has 14 heteroatoms. The minimum absolute atomic E-state index is 0. The molecular formula is C39H54N6O4Rb4. The molecule has 0 saturated carbocycles. The SMILES string of the molecule is C.CC.CC.CC.CC1=NC(C)C(=O)[N-]c2ccccc21.CC1C(=O)[N-]c2ccccc2[N-]C1=O.CC1C[N-]c2ccccc2N(C)C1=O.[Rb+].[Rb+].[Rb+].[Rb+]. The molecule has 0 fully saturated rings. The summed E-state index contributed by atoms with van der Waals surface area (Å²) in [7, 11) is 1.80. The third kappa shape index (κ3) is 20.9. The van der Waals surface area contributed by atoms with Gasteiger partial charge < -0.3 is 40.6 Å². The maximum atomic E-state index is 11.8. The monoisotopic (exact) mass is 1010 g/mol. The average Bonchev–Trinajstić information content (AvgIpc) is 3.37. The molecule has 3 heterocycles. The third-order valence-corrected chi connectivity index (χ3v) is 6.88. The molecule has 6 rings (SSSR count). The number of amides is 4. The molecule has 0 N–H and O–H groups in total. The van der Waals surface area contributed by atoms with Gasteiger partial charge in [0.1, 0.15) is 0 Å². The molecule has 268 valence electrons. The zero-order valence-corrected chi connectivity index (χ0v) is 53.8. The van der Waals surface area contributed by atoms with Crippen molar-refractivity contribution < 1.29 is 252 Å². The summed E-state index contributed by atoms with van der Waals surface area (Å²) >= 11 is 0. The molecule has 0 aliphatic carbocycles. The summed E-state index contributed by atoms with van der Waals surface area (Å²) in [5.74, 6) is -1.67. The first-order chi connectivity index (χ1) is 23.1. The molecule has 3 aromatic rings. The van der Waals surface area contributed by atoms with Gasteiger partial charge in [0.15, 0.2) is 0 Å². The van der Waals surface area contributed by atoms with Gasteiger partial charge in [0, 0.05) is 30.3 Å². The van der Waals surface area contributed by atoms with Gasteiger partial charge in [0.25, 0.3) is 0 Å². The summed E-state index contributed by atoms with van der Waals surface area (Å²) in [4.78, 5) is 51.9. The van der Waals surface area contributed by atoms with E-state index in [1.807, 2.05) is 104 Å². The van der Waals surface area contributed by atoms with Crippen LogP contribution in [0, 0.1) is 11.8 Å². The number of benzene rings is 3. The van der Waals surface area contributed by atoms with Gasteiger partial charge in [-0.15, -0.1) is 29.3 Å². The van der Waals surface area contributed by atoms with Crippen LogP contribution in [0.4, 0.5) is 28.4 Å². The van der Waals surface area contributed by atoms with E-state index < -0.39 is 17.7 Å². The summed E-state index contributed by atoms with van der Waals surface area (Å²) in [6.07, 6.45) is 0. The van der Waals surface area contributed by atoms with E-state index in [1.165, 1.54) is 6.92 Å². The van der Waals surface area contributed by atoms with Crippen LogP contribution in [0.5, 0.6) is 0 Å². The predicted molar refractivity (Wildman–Crippen MR) is 205 cm³/mol. The molecule has 4 amide bonds. The molecular weight excluding hydrogens is 958 g/mol. The molecule has 3 aliphatic heterocycles. The van der Waals surface area contributed by atoms with Crippen molar-refractivity contribution in [2.75, 3.05) is 18.5 Å². The van der Waals surface area contributed by atoms with Crippen LogP contribution in [0.25, 0.3) is 21.3 Å². The van der Waals surface area contributed by atoms with Crippen molar-refractivity contribution in [2.24, 2.45) is 16.8 Å². The third-order valence-electron chi connectivity index (χ3n) is 6.88. The van der Waals surface area contributed by atoms with Crippen LogP contribution in [-0.2, 0) is 19.2 Å². The van der Waals surface area contributed by atoms with Crippen molar-refractivity contribution in [1.82, 2.24) is 0 Å². The van der Waals surface area contributed by atoms with Gasteiger partial charge in [-0.05, 0) is 25.5 Å². The maximum absolute atomic E-state index is 11.8. The average molecular weight is 1010 g/mol. The van der Waals surface area contributed by atoms with E-state index >= 15 is 0 Å². The molecule has 3 aromatic carbocycles. The largest absolute Gasteiger partial charge is 1.00 e. The van der Waals surface area contributed by atoms with Crippen molar-refractivity contribution in [3.8, 4) is 0 Å². The Morgan fingerprint density at radius 1 is 0.604 bits per heavy atom. The van der Waals surface area contributed by atoms with Gasteiger partial charge in [-0.2, -0.15) is 0 Å². The molecule has 10 nitrogen and oxygen atoms in total. The minimum Gasteiger partial charge on any atom is -0.682 e. The van der Waals surface area contributed by atoms with E-state index in [0.717, 1.165) is 28.3 Å². The summed E-state index contributed by atoms with van der Waals surface area (Å²) in [6.45, 7) is 19.7. The number of anilines is 1. The Hall–Kier alpha value is 2.23. The van der Waals surface area contributed by atoms with Gasteiger partial charge in [0.2, 0.25) is 5.91 Å². The van der Waals surface area contributed by atoms with E-state index in [9.17, 15) is 19.2 Å². The van der Waals surface area contributed by atoms with Crippen LogP contribution >= 0.6 is 0 Å². The fourth-order valence-corrected chi connectivity index (χ4v) is 4.34. The van der Waals surface area contributed by atoms with Crippen LogP contribution in [0.15, 0.2) is 77.8 Å². The normalized spacial score (nSPS) is 15.8. The van der Waals surface area contributed by atoms with Crippen LogP contribution in [0.3, 0.4) is 0 Å². The molecule has 2 atom stereocenters. The quantitative estimate of drug-likeness (QED) is 0.263. The van der Waals surface area contributed by atoms with Crippen LogP contribution in [0.2, 0.25) is 0 Å². The summed E-state index contributed by atoms with van der Waals surface area (Å²) in [5, 5.41) is 16.1. The molecule has 0 bridgehead atoms. The second-order valence-electron chi connectivity index (χ2n) is 10.1. The number of fused-ring (bicyclic) bond motifs is 3. The van der Waals surface area contributed by atoms with Crippen molar-refractivity contribution in [3.63, 3.8) is 0 Å². The standard InChI is InChI=1S/C11H13N2O.C11H12N2O.C10H10N2O2.3C2H6.CH4.4Rb/c1-8-7-12-9-5-3-4-6-10(9)13(2)11(8)14;1-7-9-5-3-4-6-10(9)13-11(14)8(2)12-7;1-6-9(13)11-7-4-2-3-5-8(7)12-10(6)14;3*1-2;;;;;/h3-6,8H,7H2,1-2H3;3-6,8H,1-2H3,(H,12,13,14);2-6H,1H3,(H2,11,12,13,14);3*1-2H3;1H4;;;;/q-1;;;;;;;4*+1/p-3. The topological polar surface area (TPSA) is 140 Å². The Bertz CT molecular complexity index is 1520. The molecule has 0 spiro atoms. The molecule has 0 saturated heterocycles. The number of nitrogens with zero attached hydrogens (tertiary/aromatic N) is 6. The first-order valence-electron chi connectivity index (χ1n) is 16.6. The molecule has 0 aromatic heterocycles. The summed E-state index contributed by atoms with van der Waals surface area (Å²) in [5.41, 5.74) is 5.30. The number of carbonyl (C=O) groups is 4. The molecule has 3 aliphatic rings. The number of benzodiazepines with no additional fused rings is 1. The van der Waals surface area contributed by atoms with Crippen molar-refractivity contribution in [3.05, 3.63) is 99.6 Å². The minimum atomic E-state index is -0.762. The first-order valence-corrected chi connectivity index (χ1v) is 16.6. The maximum Gasteiger partial charge on any atom is 1.00 e. The van der Waals surface area contributed by atoms with E-state index in [4.69, 9.17) is 0 Å². The van der Waals surface area contributed by atoms with E-state index in [0.29, 0.717) is 17.9 Å². The predicted octanol–water partition coefficient (Wildman–Crippen LogP) is -1.14. The second-order valence-corrected chi connectivity index (χ2v) is 10.1.